The number of hydrogen-bond acceptors (Lipinski definition) is 3. The molecule has 0 aliphatic heterocycles. The Balaban J connectivity index is 2.03. The molecule has 0 aliphatic rings. The predicted octanol–water partition coefficient (Wildman–Crippen LogP) is 5.80. The quantitative estimate of drug-likeness (QED) is 0.392. The first-order valence-corrected chi connectivity index (χ1v) is 9.98. The van der Waals surface area contributed by atoms with E-state index in [0.29, 0.717) is 13.3 Å². The Bertz CT molecular complexity index is 944. The van der Waals surface area contributed by atoms with E-state index in [0.717, 1.165) is 28.7 Å². The van der Waals surface area contributed by atoms with Crippen LogP contribution >= 0.6 is 0 Å². The van der Waals surface area contributed by atoms with Crippen LogP contribution in [0.15, 0.2) is 78.9 Å². The van der Waals surface area contributed by atoms with Crippen molar-refractivity contribution in [3.63, 3.8) is 0 Å². The highest BCUT2D eigenvalue weighted by Gasteiger charge is 2.13. The summed E-state index contributed by atoms with van der Waals surface area (Å²) in [4.78, 5) is 2.00. The summed E-state index contributed by atoms with van der Waals surface area (Å²) in [7, 11) is 3.98. The molecule has 150 valence electrons. The molecule has 0 saturated heterocycles. The third-order valence-corrected chi connectivity index (χ3v) is 4.77. The van der Waals surface area contributed by atoms with Crippen LogP contribution in [0.25, 0.3) is 11.1 Å². The lowest BCUT2D eigenvalue weighted by molar-refractivity contribution is 0.0451. The minimum atomic E-state index is 0.275. The second-order valence-electron chi connectivity index (χ2n) is 7.38. The summed E-state index contributed by atoms with van der Waals surface area (Å²) in [6, 6.07) is 26.5. The first-order chi connectivity index (χ1) is 14.1. The van der Waals surface area contributed by atoms with Gasteiger partial charge < -0.3 is 9.84 Å². The van der Waals surface area contributed by atoms with Gasteiger partial charge in [0.1, 0.15) is 5.75 Å². The van der Waals surface area contributed by atoms with Crippen molar-refractivity contribution < 1.29 is 9.84 Å². The zero-order valence-electron chi connectivity index (χ0n) is 17.4. The highest BCUT2D eigenvalue weighted by atomic mass is 16.5. The Hall–Kier alpha value is -2.88. The first kappa shape index (κ1) is 20.8. The molecule has 3 nitrogen and oxygen atoms in total. The van der Waals surface area contributed by atoms with E-state index in [1.54, 1.807) is 6.07 Å². The molecular formula is C26H29NO2. The number of aromatic hydroxyl groups is 1. The number of allylic oxidation sites excluding steroid dienone is 1. The molecule has 0 radical (unpaired) electrons. The van der Waals surface area contributed by atoms with E-state index in [9.17, 15) is 5.11 Å². The van der Waals surface area contributed by atoms with Gasteiger partial charge in [0.05, 0.1) is 13.3 Å². The van der Waals surface area contributed by atoms with E-state index in [4.69, 9.17) is 4.74 Å². The molecule has 1 N–H and O–H groups in total. The van der Waals surface area contributed by atoms with Crippen LogP contribution in [0.2, 0.25) is 0 Å². The van der Waals surface area contributed by atoms with E-state index in [-0.39, 0.29) is 5.75 Å². The molecule has 0 atom stereocenters. The summed E-state index contributed by atoms with van der Waals surface area (Å²) in [6.07, 6.45) is 0.892. The van der Waals surface area contributed by atoms with Gasteiger partial charge >= 0.3 is 0 Å². The number of phenols is 1. The molecule has 0 saturated carbocycles. The third kappa shape index (κ3) is 5.57. The van der Waals surface area contributed by atoms with Gasteiger partial charge in [0.15, 0.2) is 0 Å². The largest absolute Gasteiger partial charge is 0.508 e. The van der Waals surface area contributed by atoms with Gasteiger partial charge in [0.25, 0.3) is 0 Å². The van der Waals surface area contributed by atoms with Gasteiger partial charge in [-0.1, -0.05) is 73.7 Å². The molecule has 0 spiro atoms. The topological polar surface area (TPSA) is 32.7 Å². The van der Waals surface area contributed by atoms with Crippen molar-refractivity contribution in [1.29, 1.82) is 0 Å². The zero-order chi connectivity index (χ0) is 20.6. The van der Waals surface area contributed by atoms with Gasteiger partial charge in [-0.15, -0.1) is 0 Å². The first-order valence-electron chi connectivity index (χ1n) is 9.98. The van der Waals surface area contributed by atoms with Crippen LogP contribution in [0, 0.1) is 0 Å². The van der Waals surface area contributed by atoms with Gasteiger partial charge in [-0.3, -0.25) is 4.90 Å². The second-order valence-corrected chi connectivity index (χ2v) is 7.38. The molecule has 0 amide bonds. The highest BCUT2D eigenvalue weighted by Crippen LogP contribution is 2.35. The van der Waals surface area contributed by atoms with Crippen LogP contribution < -0.4 is 0 Å². The monoisotopic (exact) mass is 387 g/mol. The van der Waals surface area contributed by atoms with Gasteiger partial charge in [0, 0.05) is 0 Å². The maximum atomic E-state index is 10.1. The highest BCUT2D eigenvalue weighted by molar-refractivity contribution is 5.98. The predicted molar refractivity (Wildman–Crippen MR) is 121 cm³/mol. The van der Waals surface area contributed by atoms with Crippen molar-refractivity contribution in [2.45, 2.75) is 20.0 Å². The lowest BCUT2D eigenvalue weighted by Gasteiger charge is -2.17. The van der Waals surface area contributed by atoms with E-state index >= 15 is 0 Å². The van der Waals surface area contributed by atoms with Crippen LogP contribution in [0.1, 0.15) is 35.6 Å². The van der Waals surface area contributed by atoms with Crippen LogP contribution in [-0.2, 0) is 11.3 Å². The van der Waals surface area contributed by atoms with Crippen LogP contribution in [-0.4, -0.2) is 30.8 Å². The fraction of sp³-hybridized carbons (Fsp3) is 0.231. The van der Waals surface area contributed by atoms with Crippen LogP contribution in [0.3, 0.4) is 0 Å². The average Bonchev–Trinajstić information content (AvgIpc) is 2.73. The fourth-order valence-corrected chi connectivity index (χ4v) is 3.45. The molecule has 0 unspecified atom stereocenters. The standard InChI is InChI=1S/C26H29NO2/c1-4-25(21-9-6-5-7-10-21)26(23-11-8-12-24(28)17-23)22-15-13-20(14-16-22)18-29-19-27(2)3/h5-17,28H,4,18-19H2,1-3H3/b26-25+. The minimum Gasteiger partial charge on any atom is -0.508 e. The number of nitrogens with zero attached hydrogens (tertiary/aromatic N) is 1. The third-order valence-electron chi connectivity index (χ3n) is 4.77. The van der Waals surface area contributed by atoms with Gasteiger partial charge in [-0.25, -0.2) is 0 Å². The van der Waals surface area contributed by atoms with Crippen molar-refractivity contribution in [1.82, 2.24) is 4.90 Å². The summed E-state index contributed by atoms with van der Waals surface area (Å²) in [6.45, 7) is 3.36. The summed E-state index contributed by atoms with van der Waals surface area (Å²) in [5.41, 5.74) is 6.90. The minimum absolute atomic E-state index is 0.275. The molecule has 0 heterocycles. The zero-order valence-corrected chi connectivity index (χ0v) is 17.4. The Morgan fingerprint density at radius 2 is 1.52 bits per heavy atom. The number of phenolic OH excluding ortho intramolecular Hbond substituents is 1. The van der Waals surface area contributed by atoms with Crippen molar-refractivity contribution >= 4 is 11.1 Å². The number of benzene rings is 3. The molecule has 3 rings (SSSR count). The second kappa shape index (κ2) is 10.1. The SMILES string of the molecule is CC/C(=C(/c1ccc(COCN(C)C)cc1)c1cccc(O)c1)c1ccccc1. The van der Waals surface area contributed by atoms with Crippen molar-refractivity contribution in [2.24, 2.45) is 0 Å². The summed E-state index contributed by atoms with van der Waals surface area (Å²) >= 11 is 0. The van der Waals surface area contributed by atoms with Crippen LogP contribution in [0.5, 0.6) is 5.75 Å². The molecule has 3 heteroatoms. The Labute approximate surface area is 173 Å². The molecule has 0 bridgehead atoms. The Kier molecular flexibility index (Phi) is 7.23. The molecular weight excluding hydrogens is 358 g/mol. The smallest absolute Gasteiger partial charge is 0.116 e. The van der Waals surface area contributed by atoms with E-state index in [1.165, 1.54) is 11.1 Å². The summed E-state index contributed by atoms with van der Waals surface area (Å²) in [5, 5.41) is 10.1. The Morgan fingerprint density at radius 1 is 0.828 bits per heavy atom. The number of hydrogen-bond donors (Lipinski definition) is 1. The van der Waals surface area contributed by atoms with Crippen molar-refractivity contribution in [2.75, 3.05) is 20.8 Å². The molecule has 3 aromatic carbocycles. The average molecular weight is 388 g/mol. The van der Waals surface area contributed by atoms with E-state index in [2.05, 4.69) is 61.5 Å². The van der Waals surface area contributed by atoms with Gasteiger partial charge in [-0.2, -0.15) is 0 Å². The maximum Gasteiger partial charge on any atom is 0.116 e. The molecule has 0 fully saturated rings. The molecule has 0 aliphatic carbocycles. The Morgan fingerprint density at radius 3 is 2.14 bits per heavy atom. The summed E-state index contributed by atoms with van der Waals surface area (Å²) in [5.74, 6) is 0.275. The van der Waals surface area contributed by atoms with E-state index < -0.39 is 0 Å². The normalized spacial score (nSPS) is 12.1. The van der Waals surface area contributed by atoms with Crippen LogP contribution in [0.4, 0.5) is 0 Å². The molecule has 3 aromatic rings. The van der Waals surface area contributed by atoms with Crippen molar-refractivity contribution in [3.05, 3.63) is 101 Å². The lowest BCUT2D eigenvalue weighted by Crippen LogP contribution is -2.15. The maximum absolute atomic E-state index is 10.1. The fourth-order valence-electron chi connectivity index (χ4n) is 3.45. The lowest BCUT2D eigenvalue weighted by atomic mass is 9.88. The number of rotatable bonds is 8. The van der Waals surface area contributed by atoms with Gasteiger partial charge in [0.2, 0.25) is 0 Å². The molecule has 0 aromatic heterocycles. The number of ether oxygens (including phenoxy) is 1. The van der Waals surface area contributed by atoms with E-state index in [1.807, 2.05) is 37.2 Å². The molecule has 29 heavy (non-hydrogen) atoms. The summed E-state index contributed by atoms with van der Waals surface area (Å²) < 4.78 is 5.70. The van der Waals surface area contributed by atoms with Crippen molar-refractivity contribution in [3.8, 4) is 5.75 Å². The van der Waals surface area contributed by atoms with Gasteiger partial charge in [-0.05, 0) is 66.0 Å².